The number of nitrogens with zero attached hydrogens (tertiary/aromatic N) is 4. The second kappa shape index (κ2) is 9.90. The van der Waals surface area contributed by atoms with Gasteiger partial charge in [0.25, 0.3) is 0 Å². The number of halogens is 1. The summed E-state index contributed by atoms with van der Waals surface area (Å²) < 4.78 is 18.5. The van der Waals surface area contributed by atoms with E-state index in [0.29, 0.717) is 5.56 Å². The van der Waals surface area contributed by atoms with Crippen molar-refractivity contribution in [3.8, 4) is 0 Å². The minimum Gasteiger partial charge on any atom is -0.459 e. The number of nitrogens with two attached hydrogens (primary N) is 1. The molecule has 5 rings (SSSR count). The summed E-state index contributed by atoms with van der Waals surface area (Å²) in [5.41, 5.74) is 7.00. The number of carbonyl (C=O) groups excluding carboxylic acids is 2. The van der Waals surface area contributed by atoms with Crippen LogP contribution in [0.5, 0.6) is 0 Å². The Labute approximate surface area is 209 Å². The van der Waals surface area contributed by atoms with Crippen molar-refractivity contribution in [2.75, 3.05) is 12.3 Å². The lowest BCUT2D eigenvalue weighted by Crippen LogP contribution is -2.37. The van der Waals surface area contributed by atoms with Gasteiger partial charge in [0.2, 0.25) is 5.28 Å². The van der Waals surface area contributed by atoms with E-state index in [1.54, 1.807) is 60.7 Å². The summed E-state index contributed by atoms with van der Waals surface area (Å²) in [6, 6.07) is 16.7. The molecule has 184 valence electrons. The number of rotatable bonds is 6. The third-order valence-corrected chi connectivity index (χ3v) is 5.82. The van der Waals surface area contributed by atoms with Crippen molar-refractivity contribution < 1.29 is 28.9 Å². The SMILES string of the molecule is Nc1nc(Cl)nc2c1ncn2[C@@H]1O[C@H](COC(=O)c2ccccc2)C(O)[C@@H]1OC(=O)c1ccccc1. The predicted molar refractivity (Wildman–Crippen MR) is 127 cm³/mol. The molecule has 1 fully saturated rings. The topological polar surface area (TPSA) is 152 Å². The molecule has 3 heterocycles. The van der Waals surface area contributed by atoms with E-state index < -0.39 is 36.5 Å². The van der Waals surface area contributed by atoms with Gasteiger partial charge in [-0.25, -0.2) is 14.6 Å². The third-order valence-electron chi connectivity index (χ3n) is 5.65. The summed E-state index contributed by atoms with van der Waals surface area (Å²) in [5.74, 6) is -1.21. The second-order valence-corrected chi connectivity index (χ2v) is 8.30. The summed E-state index contributed by atoms with van der Waals surface area (Å²) >= 11 is 5.98. The van der Waals surface area contributed by atoms with E-state index in [1.165, 1.54) is 10.9 Å². The standard InChI is InChI=1S/C24H20ClN5O6/c25-24-28-19(26)16-20(29-24)30(12-27-16)21-18(36-23(33)14-9-5-2-6-10-14)17(31)15(35-21)11-34-22(32)13-7-3-1-4-8-13/h1-10,12,15,17-18,21,31H,11H2,(H2,26,28,29)/t15-,17?,18+,21-/m1/s1. The van der Waals surface area contributed by atoms with Crippen molar-refractivity contribution in [2.24, 2.45) is 0 Å². The first kappa shape index (κ1) is 23.7. The van der Waals surface area contributed by atoms with Crippen molar-refractivity contribution in [1.29, 1.82) is 0 Å². The normalized spacial score (nSPS) is 21.4. The maximum atomic E-state index is 12.8. The molecule has 1 aliphatic heterocycles. The number of ether oxygens (including phenoxy) is 3. The van der Waals surface area contributed by atoms with Crippen LogP contribution in [0.1, 0.15) is 26.9 Å². The van der Waals surface area contributed by atoms with Gasteiger partial charge in [0.15, 0.2) is 23.8 Å². The number of hydrogen-bond acceptors (Lipinski definition) is 10. The lowest BCUT2D eigenvalue weighted by Gasteiger charge is -2.22. The Balaban J connectivity index is 1.43. The summed E-state index contributed by atoms with van der Waals surface area (Å²) in [6.07, 6.45) is -3.29. The summed E-state index contributed by atoms with van der Waals surface area (Å²) in [7, 11) is 0. The molecular formula is C24H20ClN5O6. The van der Waals surface area contributed by atoms with E-state index in [2.05, 4.69) is 15.0 Å². The highest BCUT2D eigenvalue weighted by atomic mass is 35.5. The average Bonchev–Trinajstić information content (AvgIpc) is 3.44. The number of fused-ring (bicyclic) bond motifs is 1. The van der Waals surface area contributed by atoms with E-state index in [9.17, 15) is 14.7 Å². The molecule has 2 aromatic heterocycles. The van der Waals surface area contributed by atoms with Crippen LogP contribution in [0.4, 0.5) is 5.82 Å². The molecule has 0 amide bonds. The molecule has 0 bridgehead atoms. The van der Waals surface area contributed by atoms with Crippen molar-refractivity contribution in [2.45, 2.75) is 24.5 Å². The van der Waals surface area contributed by atoms with Crippen molar-refractivity contribution >= 4 is 40.5 Å². The van der Waals surface area contributed by atoms with Crippen LogP contribution in [0.2, 0.25) is 5.28 Å². The molecule has 2 aromatic carbocycles. The zero-order chi connectivity index (χ0) is 25.2. The molecule has 4 atom stereocenters. The van der Waals surface area contributed by atoms with Gasteiger partial charge in [-0.15, -0.1) is 0 Å². The van der Waals surface area contributed by atoms with Crippen LogP contribution in [0.15, 0.2) is 67.0 Å². The number of hydrogen-bond donors (Lipinski definition) is 2. The zero-order valence-corrected chi connectivity index (χ0v) is 19.4. The summed E-state index contributed by atoms with van der Waals surface area (Å²) in [6.45, 7) is -0.296. The molecule has 0 aliphatic carbocycles. The molecular weight excluding hydrogens is 490 g/mol. The largest absolute Gasteiger partial charge is 0.459 e. The highest BCUT2D eigenvalue weighted by Crippen LogP contribution is 2.35. The summed E-state index contributed by atoms with van der Waals surface area (Å²) in [4.78, 5) is 37.5. The number of aromatic nitrogens is 4. The van der Waals surface area contributed by atoms with E-state index in [0.717, 1.165) is 0 Å². The second-order valence-electron chi connectivity index (χ2n) is 7.96. The first-order valence-corrected chi connectivity index (χ1v) is 11.3. The Morgan fingerprint density at radius 2 is 1.67 bits per heavy atom. The molecule has 0 saturated carbocycles. The molecule has 11 nitrogen and oxygen atoms in total. The quantitative estimate of drug-likeness (QED) is 0.292. The Morgan fingerprint density at radius 3 is 2.33 bits per heavy atom. The lowest BCUT2D eigenvalue weighted by molar-refractivity contribution is -0.0601. The minimum atomic E-state index is -1.35. The number of aliphatic hydroxyl groups excluding tert-OH is 1. The molecule has 1 saturated heterocycles. The zero-order valence-electron chi connectivity index (χ0n) is 18.6. The molecule has 0 spiro atoms. The number of carbonyl (C=O) groups is 2. The maximum absolute atomic E-state index is 12.8. The van der Waals surface area contributed by atoms with Gasteiger partial charge in [-0.2, -0.15) is 9.97 Å². The summed E-state index contributed by atoms with van der Waals surface area (Å²) in [5, 5.41) is 10.9. The Morgan fingerprint density at radius 1 is 1.03 bits per heavy atom. The molecule has 1 aliphatic rings. The number of aliphatic hydroxyl groups is 1. The molecule has 1 unspecified atom stereocenters. The van der Waals surface area contributed by atoms with Gasteiger partial charge in [-0.1, -0.05) is 36.4 Å². The van der Waals surface area contributed by atoms with Crippen LogP contribution in [0.25, 0.3) is 11.2 Å². The van der Waals surface area contributed by atoms with Gasteiger partial charge >= 0.3 is 11.9 Å². The van der Waals surface area contributed by atoms with Crippen molar-refractivity contribution in [3.05, 3.63) is 83.4 Å². The van der Waals surface area contributed by atoms with Gasteiger partial charge in [0.05, 0.1) is 17.5 Å². The fourth-order valence-electron chi connectivity index (χ4n) is 3.89. The third kappa shape index (κ3) is 4.59. The first-order valence-electron chi connectivity index (χ1n) is 10.9. The minimum absolute atomic E-state index is 0.0495. The van der Waals surface area contributed by atoms with E-state index >= 15 is 0 Å². The molecule has 12 heteroatoms. The van der Waals surface area contributed by atoms with Crippen LogP contribution >= 0.6 is 11.6 Å². The fraction of sp³-hybridized carbons (Fsp3) is 0.208. The lowest BCUT2D eigenvalue weighted by atomic mass is 10.1. The first-order chi connectivity index (χ1) is 17.4. The van der Waals surface area contributed by atoms with Crippen molar-refractivity contribution in [1.82, 2.24) is 19.5 Å². The van der Waals surface area contributed by atoms with Gasteiger partial charge in [0, 0.05) is 0 Å². The molecule has 3 N–H and O–H groups in total. The van der Waals surface area contributed by atoms with E-state index in [1.807, 2.05) is 0 Å². The average molecular weight is 510 g/mol. The monoisotopic (exact) mass is 509 g/mol. The van der Waals surface area contributed by atoms with Crippen molar-refractivity contribution in [3.63, 3.8) is 0 Å². The Hall–Kier alpha value is -4.06. The van der Waals surface area contributed by atoms with Crippen LogP contribution in [-0.4, -0.2) is 61.5 Å². The van der Waals surface area contributed by atoms with Gasteiger partial charge in [0.1, 0.15) is 24.3 Å². The molecule has 36 heavy (non-hydrogen) atoms. The number of nitrogen functional groups attached to an aromatic ring is 1. The Bertz CT molecular complexity index is 1400. The number of esters is 2. The Kier molecular flexibility index (Phi) is 6.51. The van der Waals surface area contributed by atoms with Crippen LogP contribution < -0.4 is 5.73 Å². The van der Waals surface area contributed by atoms with Gasteiger partial charge in [-0.3, -0.25) is 4.57 Å². The number of benzene rings is 2. The number of anilines is 1. The van der Waals surface area contributed by atoms with Crippen LogP contribution in [-0.2, 0) is 14.2 Å². The van der Waals surface area contributed by atoms with Gasteiger partial charge in [-0.05, 0) is 35.9 Å². The smallest absolute Gasteiger partial charge is 0.338 e. The highest BCUT2D eigenvalue weighted by Gasteiger charge is 2.48. The van der Waals surface area contributed by atoms with E-state index in [-0.39, 0.29) is 34.4 Å². The predicted octanol–water partition coefficient (Wildman–Crippen LogP) is 2.40. The van der Waals surface area contributed by atoms with Gasteiger partial charge < -0.3 is 25.1 Å². The molecule has 0 radical (unpaired) electrons. The molecule has 4 aromatic rings. The fourth-order valence-corrected chi connectivity index (χ4v) is 4.06. The van der Waals surface area contributed by atoms with Crippen LogP contribution in [0.3, 0.4) is 0 Å². The number of imidazole rings is 1. The van der Waals surface area contributed by atoms with E-state index in [4.69, 9.17) is 31.5 Å². The highest BCUT2D eigenvalue weighted by molar-refractivity contribution is 6.28. The maximum Gasteiger partial charge on any atom is 0.338 e. The van der Waals surface area contributed by atoms with Crippen LogP contribution in [0, 0.1) is 0 Å².